The summed E-state index contributed by atoms with van der Waals surface area (Å²) in [6.45, 7) is 0. The molecule has 0 atom stereocenters. The molecular weight excluding hydrogens is 400 g/mol. The summed E-state index contributed by atoms with van der Waals surface area (Å²) in [6.07, 6.45) is 0. The Labute approximate surface area is 178 Å². The lowest BCUT2D eigenvalue weighted by Gasteiger charge is -2.11. The first-order chi connectivity index (χ1) is 14.5. The van der Waals surface area contributed by atoms with Crippen molar-refractivity contribution in [2.45, 2.75) is 4.90 Å². The van der Waals surface area contributed by atoms with Gasteiger partial charge >= 0.3 is 6.03 Å². The number of para-hydroxylation sites is 1. The van der Waals surface area contributed by atoms with E-state index < -0.39 is 5.91 Å². The number of rotatable bonds is 7. The summed E-state index contributed by atoms with van der Waals surface area (Å²) in [4.78, 5) is 36.4. The first-order valence-electron chi connectivity index (χ1n) is 9.06. The largest absolute Gasteiger partial charge is 0.369 e. The summed E-state index contributed by atoms with van der Waals surface area (Å²) < 4.78 is 0. The molecule has 0 radical (unpaired) electrons. The topological polar surface area (TPSA) is 113 Å². The van der Waals surface area contributed by atoms with Crippen molar-refractivity contribution in [3.8, 4) is 0 Å². The van der Waals surface area contributed by atoms with Gasteiger partial charge in [-0.2, -0.15) is 0 Å². The zero-order valence-corrected chi connectivity index (χ0v) is 16.7. The Hall–Kier alpha value is -3.78. The van der Waals surface area contributed by atoms with Crippen molar-refractivity contribution >= 4 is 46.7 Å². The monoisotopic (exact) mass is 420 g/mol. The molecule has 0 aromatic heterocycles. The first kappa shape index (κ1) is 20.9. The highest BCUT2D eigenvalue weighted by molar-refractivity contribution is 8.00. The van der Waals surface area contributed by atoms with Crippen LogP contribution in [0.1, 0.15) is 10.4 Å². The summed E-state index contributed by atoms with van der Waals surface area (Å²) >= 11 is 1.21. The number of nitrogens with one attached hydrogen (secondary N) is 3. The zero-order chi connectivity index (χ0) is 21.3. The number of amides is 4. The average molecular weight is 420 g/mol. The van der Waals surface area contributed by atoms with Crippen molar-refractivity contribution < 1.29 is 14.4 Å². The van der Waals surface area contributed by atoms with Crippen molar-refractivity contribution in [1.29, 1.82) is 0 Å². The van der Waals surface area contributed by atoms with E-state index in [9.17, 15) is 14.4 Å². The number of carbonyl (C=O) groups excluding carboxylic acids is 3. The fourth-order valence-electron chi connectivity index (χ4n) is 2.58. The smallest absolute Gasteiger partial charge is 0.323 e. The minimum absolute atomic E-state index is 0.0930. The van der Waals surface area contributed by atoms with E-state index >= 15 is 0 Å². The molecule has 0 saturated carbocycles. The maximum absolute atomic E-state index is 12.6. The molecule has 0 heterocycles. The quantitative estimate of drug-likeness (QED) is 0.430. The van der Waals surface area contributed by atoms with Gasteiger partial charge in [0, 0.05) is 22.0 Å². The SMILES string of the molecule is NC(=O)CSc1ccccc1C(=O)Nc1ccc(NC(=O)Nc2ccccc2)cc1. The van der Waals surface area contributed by atoms with Gasteiger partial charge < -0.3 is 21.7 Å². The van der Waals surface area contributed by atoms with E-state index in [1.165, 1.54) is 11.8 Å². The van der Waals surface area contributed by atoms with Crippen LogP contribution in [0.25, 0.3) is 0 Å². The predicted molar refractivity (Wildman–Crippen MR) is 120 cm³/mol. The third-order valence-corrected chi connectivity index (χ3v) is 5.03. The van der Waals surface area contributed by atoms with Crippen LogP contribution in [0.2, 0.25) is 0 Å². The molecule has 30 heavy (non-hydrogen) atoms. The fourth-order valence-corrected chi connectivity index (χ4v) is 3.37. The van der Waals surface area contributed by atoms with E-state index in [4.69, 9.17) is 5.73 Å². The highest BCUT2D eigenvalue weighted by Crippen LogP contribution is 2.24. The molecule has 0 fully saturated rings. The molecule has 0 unspecified atom stereocenters. The normalized spacial score (nSPS) is 10.1. The predicted octanol–water partition coefficient (Wildman–Crippen LogP) is 4.16. The van der Waals surface area contributed by atoms with Gasteiger partial charge in [0.2, 0.25) is 5.91 Å². The Balaban J connectivity index is 1.60. The van der Waals surface area contributed by atoms with Crippen molar-refractivity contribution in [2.75, 3.05) is 21.7 Å². The van der Waals surface area contributed by atoms with Crippen LogP contribution in [0, 0.1) is 0 Å². The lowest BCUT2D eigenvalue weighted by atomic mass is 10.2. The Morgan fingerprint density at radius 1 is 0.700 bits per heavy atom. The first-order valence-corrected chi connectivity index (χ1v) is 10.0. The maximum atomic E-state index is 12.6. The van der Waals surface area contributed by atoms with Gasteiger partial charge in [0.05, 0.1) is 11.3 Å². The molecule has 152 valence electrons. The van der Waals surface area contributed by atoms with E-state index in [0.717, 1.165) is 0 Å². The van der Waals surface area contributed by atoms with Gasteiger partial charge in [-0.15, -0.1) is 11.8 Å². The molecule has 4 amide bonds. The summed E-state index contributed by atoms with van der Waals surface area (Å²) in [7, 11) is 0. The standard InChI is InChI=1S/C22H20N4O3S/c23-20(27)14-30-19-9-5-4-8-18(19)21(28)24-16-10-12-17(13-11-16)26-22(29)25-15-6-2-1-3-7-15/h1-13H,14H2,(H2,23,27)(H,24,28)(H2,25,26,29). The summed E-state index contributed by atoms with van der Waals surface area (Å²) in [5, 5.41) is 8.27. The number of benzene rings is 3. The van der Waals surface area contributed by atoms with Gasteiger partial charge in [0.15, 0.2) is 0 Å². The van der Waals surface area contributed by atoms with Crippen LogP contribution < -0.4 is 21.7 Å². The van der Waals surface area contributed by atoms with E-state index in [-0.39, 0.29) is 17.7 Å². The molecule has 0 aliphatic rings. The van der Waals surface area contributed by atoms with Gasteiger partial charge in [-0.25, -0.2) is 4.79 Å². The van der Waals surface area contributed by atoms with Crippen LogP contribution in [0.4, 0.5) is 21.9 Å². The molecular formula is C22H20N4O3S. The van der Waals surface area contributed by atoms with Crippen LogP contribution in [0.3, 0.4) is 0 Å². The molecule has 7 nitrogen and oxygen atoms in total. The van der Waals surface area contributed by atoms with E-state index in [2.05, 4.69) is 16.0 Å². The minimum Gasteiger partial charge on any atom is -0.369 e. The van der Waals surface area contributed by atoms with Crippen molar-refractivity contribution in [3.05, 3.63) is 84.4 Å². The Morgan fingerprint density at radius 3 is 1.87 bits per heavy atom. The zero-order valence-electron chi connectivity index (χ0n) is 15.9. The number of primary amides is 1. The minimum atomic E-state index is -0.449. The lowest BCUT2D eigenvalue weighted by Crippen LogP contribution is -2.19. The van der Waals surface area contributed by atoms with Crippen molar-refractivity contribution in [3.63, 3.8) is 0 Å². The Bertz CT molecular complexity index is 1040. The Kier molecular flexibility index (Phi) is 7.07. The van der Waals surface area contributed by atoms with Crippen LogP contribution in [-0.4, -0.2) is 23.6 Å². The average Bonchev–Trinajstić information content (AvgIpc) is 2.74. The van der Waals surface area contributed by atoms with E-state index in [1.807, 2.05) is 18.2 Å². The van der Waals surface area contributed by atoms with Gasteiger partial charge in [-0.3, -0.25) is 9.59 Å². The van der Waals surface area contributed by atoms with Crippen LogP contribution in [0.5, 0.6) is 0 Å². The molecule has 8 heteroatoms. The second kappa shape index (κ2) is 10.1. The van der Waals surface area contributed by atoms with Crippen LogP contribution in [-0.2, 0) is 4.79 Å². The highest BCUT2D eigenvalue weighted by atomic mass is 32.2. The summed E-state index contributed by atoms with van der Waals surface area (Å²) in [6, 6.07) is 22.5. The van der Waals surface area contributed by atoms with Crippen molar-refractivity contribution in [2.24, 2.45) is 5.73 Å². The van der Waals surface area contributed by atoms with Crippen LogP contribution >= 0.6 is 11.8 Å². The van der Waals surface area contributed by atoms with Crippen LogP contribution in [0.15, 0.2) is 83.8 Å². The Morgan fingerprint density at radius 2 is 1.23 bits per heavy atom. The number of urea groups is 1. The molecule has 3 aromatic rings. The summed E-state index contributed by atoms with van der Waals surface area (Å²) in [5.74, 6) is -0.657. The molecule has 0 bridgehead atoms. The number of nitrogens with two attached hydrogens (primary N) is 1. The number of hydrogen-bond donors (Lipinski definition) is 4. The lowest BCUT2D eigenvalue weighted by molar-refractivity contribution is -0.115. The van der Waals surface area contributed by atoms with Crippen molar-refractivity contribution in [1.82, 2.24) is 0 Å². The van der Waals surface area contributed by atoms with Gasteiger partial charge in [-0.05, 0) is 48.5 Å². The molecule has 0 aliphatic heterocycles. The maximum Gasteiger partial charge on any atom is 0.323 e. The molecule has 0 spiro atoms. The number of hydrogen-bond acceptors (Lipinski definition) is 4. The third kappa shape index (κ3) is 6.11. The molecule has 0 saturated heterocycles. The second-order valence-electron chi connectivity index (χ2n) is 6.23. The highest BCUT2D eigenvalue weighted by Gasteiger charge is 2.12. The summed E-state index contributed by atoms with van der Waals surface area (Å²) in [5.41, 5.74) is 7.48. The number of thioether (sulfide) groups is 1. The third-order valence-electron chi connectivity index (χ3n) is 3.93. The second-order valence-corrected chi connectivity index (χ2v) is 7.24. The van der Waals surface area contributed by atoms with E-state index in [1.54, 1.807) is 60.7 Å². The van der Waals surface area contributed by atoms with Gasteiger partial charge in [-0.1, -0.05) is 30.3 Å². The molecule has 5 N–H and O–H groups in total. The molecule has 3 rings (SSSR count). The van der Waals surface area contributed by atoms with E-state index in [0.29, 0.717) is 27.5 Å². The molecule has 3 aromatic carbocycles. The molecule has 0 aliphatic carbocycles. The number of carbonyl (C=O) groups is 3. The van der Waals surface area contributed by atoms with Gasteiger partial charge in [0.25, 0.3) is 5.91 Å². The number of anilines is 3. The fraction of sp³-hybridized carbons (Fsp3) is 0.0455. The van der Waals surface area contributed by atoms with Gasteiger partial charge in [0.1, 0.15) is 0 Å².